The first-order chi connectivity index (χ1) is 11.7. The van der Waals surface area contributed by atoms with Crippen LogP contribution in [0, 0.1) is 0 Å². The van der Waals surface area contributed by atoms with E-state index in [0.29, 0.717) is 18.2 Å². The van der Waals surface area contributed by atoms with Crippen LogP contribution in [0.25, 0.3) is 0 Å². The van der Waals surface area contributed by atoms with Crippen LogP contribution < -0.4 is 0 Å². The molecule has 0 saturated carbocycles. The Morgan fingerprint density at radius 2 is 1.96 bits per heavy atom. The zero-order valence-electron chi connectivity index (χ0n) is 13.5. The summed E-state index contributed by atoms with van der Waals surface area (Å²) < 4.78 is 39.2. The van der Waals surface area contributed by atoms with Crippen LogP contribution in [-0.4, -0.2) is 74.9 Å². The molecule has 0 radical (unpaired) electrons. The Labute approximate surface area is 150 Å². The highest BCUT2D eigenvalue weighted by molar-refractivity contribution is 8.14. The van der Waals surface area contributed by atoms with Gasteiger partial charge < -0.3 is 25.2 Å². The van der Waals surface area contributed by atoms with Gasteiger partial charge in [-0.1, -0.05) is 42.8 Å². The molecule has 25 heavy (non-hydrogen) atoms. The van der Waals surface area contributed by atoms with Crippen LogP contribution in [0.4, 0.5) is 0 Å². The third-order valence-corrected chi connectivity index (χ3v) is 4.63. The van der Waals surface area contributed by atoms with Crippen LogP contribution in [0.3, 0.4) is 0 Å². The monoisotopic (exact) mass is 401 g/mol. The third-order valence-electron chi connectivity index (χ3n) is 3.29. The van der Waals surface area contributed by atoms with Gasteiger partial charge in [0.2, 0.25) is 0 Å². The van der Waals surface area contributed by atoms with Gasteiger partial charge >= 0.3 is 10.4 Å². The fourth-order valence-electron chi connectivity index (χ4n) is 1.96. The minimum Gasteiger partial charge on any atom is -0.394 e. The van der Waals surface area contributed by atoms with Crippen molar-refractivity contribution in [2.45, 2.75) is 56.0 Å². The van der Waals surface area contributed by atoms with Gasteiger partial charge in [0.15, 0.2) is 0 Å². The standard InChI is InChI=1S/C13H23NO9S2/c1-2-3-4-5-6-9(14-23-25(19,20)21)24-13-12(18)11(17)10(16)8(7-15)22-13/h5-6,8,10-13,15-18H,2-4,7H2,1H3,(H,19,20,21)/b6-5+,14-9-/t8-,10-,11+,12-,13+/m1/s1. The summed E-state index contributed by atoms with van der Waals surface area (Å²) in [6, 6.07) is 0. The molecule has 1 aliphatic heterocycles. The second kappa shape index (κ2) is 10.4. The lowest BCUT2D eigenvalue weighted by Gasteiger charge is -2.39. The van der Waals surface area contributed by atoms with Crippen molar-refractivity contribution in [2.24, 2.45) is 5.16 Å². The number of unbranched alkanes of at least 4 members (excludes halogenated alkanes) is 2. The molecule has 0 bridgehead atoms. The Balaban J connectivity index is 2.89. The molecule has 0 unspecified atom stereocenters. The van der Waals surface area contributed by atoms with Crippen LogP contribution in [0.5, 0.6) is 0 Å². The van der Waals surface area contributed by atoms with Crippen molar-refractivity contribution in [3.63, 3.8) is 0 Å². The van der Waals surface area contributed by atoms with Crippen molar-refractivity contribution in [2.75, 3.05) is 6.61 Å². The Morgan fingerprint density at radius 1 is 1.28 bits per heavy atom. The molecular weight excluding hydrogens is 378 g/mol. The number of hydrogen-bond donors (Lipinski definition) is 5. The van der Waals surface area contributed by atoms with E-state index in [-0.39, 0.29) is 5.04 Å². The summed E-state index contributed by atoms with van der Waals surface area (Å²) in [7, 11) is -4.81. The normalized spacial score (nSPS) is 31.4. The number of allylic oxidation sites excluding steroid dienone is 1. The molecule has 0 aromatic rings. The van der Waals surface area contributed by atoms with E-state index in [4.69, 9.17) is 14.4 Å². The van der Waals surface area contributed by atoms with Crippen molar-refractivity contribution in [3.8, 4) is 0 Å². The molecule has 0 aromatic carbocycles. The summed E-state index contributed by atoms with van der Waals surface area (Å²) >= 11 is 0.706. The first-order valence-corrected chi connectivity index (χ1v) is 9.81. The highest BCUT2D eigenvalue weighted by Crippen LogP contribution is 2.29. The van der Waals surface area contributed by atoms with Gasteiger partial charge in [-0.15, -0.1) is 0 Å². The molecule has 146 valence electrons. The summed E-state index contributed by atoms with van der Waals surface area (Å²) in [5, 5.41) is 41.8. The average Bonchev–Trinajstić information content (AvgIpc) is 2.55. The maximum Gasteiger partial charge on any atom is 0.466 e. The molecule has 1 rings (SSSR count). The number of thioether (sulfide) groups is 1. The van der Waals surface area contributed by atoms with E-state index in [2.05, 4.69) is 9.44 Å². The summed E-state index contributed by atoms with van der Waals surface area (Å²) in [5.41, 5.74) is -1.16. The molecule has 5 atom stereocenters. The van der Waals surface area contributed by atoms with Crippen molar-refractivity contribution >= 4 is 27.2 Å². The molecular formula is C13H23NO9S2. The first-order valence-electron chi connectivity index (χ1n) is 7.57. The van der Waals surface area contributed by atoms with Crippen molar-refractivity contribution in [3.05, 3.63) is 12.2 Å². The van der Waals surface area contributed by atoms with E-state index in [1.54, 1.807) is 6.08 Å². The smallest absolute Gasteiger partial charge is 0.394 e. The van der Waals surface area contributed by atoms with Gasteiger partial charge in [-0.3, -0.25) is 4.55 Å². The minimum atomic E-state index is -4.81. The summed E-state index contributed by atoms with van der Waals surface area (Å²) in [5.74, 6) is 0. The van der Waals surface area contributed by atoms with Gasteiger partial charge in [0.05, 0.1) is 6.61 Å². The first kappa shape index (κ1) is 22.3. The summed E-state index contributed by atoms with van der Waals surface area (Å²) in [6.07, 6.45) is -0.114. The zero-order chi connectivity index (χ0) is 19.0. The van der Waals surface area contributed by atoms with E-state index in [1.165, 1.54) is 6.08 Å². The Bertz CT molecular complexity index is 564. The van der Waals surface area contributed by atoms with Crippen LogP contribution in [0.15, 0.2) is 17.3 Å². The van der Waals surface area contributed by atoms with Gasteiger partial charge in [-0.05, 0) is 12.5 Å². The molecule has 1 fully saturated rings. The van der Waals surface area contributed by atoms with Crippen LogP contribution in [0.2, 0.25) is 0 Å². The molecule has 5 N–H and O–H groups in total. The molecule has 1 heterocycles. The molecule has 0 aromatic heterocycles. The third kappa shape index (κ3) is 7.58. The molecule has 0 aliphatic carbocycles. The van der Waals surface area contributed by atoms with Gasteiger partial charge in [0, 0.05) is 0 Å². The van der Waals surface area contributed by atoms with Gasteiger partial charge in [0.1, 0.15) is 34.9 Å². The predicted octanol–water partition coefficient (Wildman–Crippen LogP) is -0.601. The predicted molar refractivity (Wildman–Crippen MR) is 90.1 cm³/mol. The van der Waals surface area contributed by atoms with Crippen LogP contribution in [-0.2, 0) is 19.4 Å². The lowest BCUT2D eigenvalue weighted by Crippen LogP contribution is -2.57. The quantitative estimate of drug-likeness (QED) is 0.116. The SMILES string of the molecule is CCCC/C=C/C(=N/OS(=O)(=O)O)S[C@@H]1O[C@H](CO)[C@@H](O)[C@H](O)[C@H]1O. The topological polar surface area (TPSA) is 166 Å². The molecule has 1 aliphatic rings. The van der Waals surface area contributed by atoms with Gasteiger partial charge in [0.25, 0.3) is 0 Å². The maximum atomic E-state index is 10.7. The van der Waals surface area contributed by atoms with Crippen molar-refractivity contribution < 1.29 is 42.4 Å². The fraction of sp³-hybridized carbons (Fsp3) is 0.769. The average molecular weight is 401 g/mol. The molecule has 1 saturated heterocycles. The number of nitrogens with zero attached hydrogens (tertiary/aromatic N) is 1. The van der Waals surface area contributed by atoms with E-state index >= 15 is 0 Å². The number of aliphatic hydroxyl groups excluding tert-OH is 4. The lowest BCUT2D eigenvalue weighted by atomic mass is 10.0. The number of aliphatic hydroxyl groups is 4. The Kier molecular flexibility index (Phi) is 9.30. The number of hydrogen-bond acceptors (Lipinski definition) is 10. The fourth-order valence-corrected chi connectivity index (χ4v) is 3.18. The van der Waals surface area contributed by atoms with Crippen LogP contribution >= 0.6 is 11.8 Å². The highest BCUT2D eigenvalue weighted by atomic mass is 32.3. The van der Waals surface area contributed by atoms with Crippen molar-refractivity contribution in [1.29, 1.82) is 0 Å². The summed E-state index contributed by atoms with van der Waals surface area (Å²) in [4.78, 5) is 0. The number of ether oxygens (including phenoxy) is 1. The molecule has 10 nitrogen and oxygen atoms in total. The largest absolute Gasteiger partial charge is 0.466 e. The molecule has 0 spiro atoms. The Hall–Kier alpha value is -0.730. The van der Waals surface area contributed by atoms with Gasteiger partial charge in [-0.2, -0.15) is 8.42 Å². The van der Waals surface area contributed by atoms with E-state index < -0.39 is 46.9 Å². The lowest BCUT2D eigenvalue weighted by molar-refractivity contribution is -0.205. The second-order valence-corrected chi connectivity index (χ2v) is 7.41. The van der Waals surface area contributed by atoms with Gasteiger partial charge in [-0.25, -0.2) is 4.28 Å². The van der Waals surface area contributed by atoms with E-state index in [9.17, 15) is 23.7 Å². The second-order valence-electron chi connectivity index (χ2n) is 5.29. The van der Waals surface area contributed by atoms with E-state index in [0.717, 1.165) is 12.8 Å². The zero-order valence-corrected chi connectivity index (χ0v) is 15.1. The van der Waals surface area contributed by atoms with E-state index in [1.807, 2.05) is 6.92 Å². The van der Waals surface area contributed by atoms with Crippen LogP contribution in [0.1, 0.15) is 26.2 Å². The Morgan fingerprint density at radius 3 is 2.52 bits per heavy atom. The number of oxime groups is 1. The van der Waals surface area contributed by atoms with Crippen molar-refractivity contribution in [1.82, 2.24) is 0 Å². The molecule has 12 heteroatoms. The molecule has 0 amide bonds. The highest BCUT2D eigenvalue weighted by Gasteiger charge is 2.44. The number of rotatable bonds is 8. The maximum absolute atomic E-state index is 10.7. The summed E-state index contributed by atoms with van der Waals surface area (Å²) in [6.45, 7) is 1.40. The minimum absolute atomic E-state index is 0.0574.